The first kappa shape index (κ1) is 36.4. The minimum atomic E-state index is -3.68. The summed E-state index contributed by atoms with van der Waals surface area (Å²) in [5, 5.41) is 11.2. The van der Waals surface area contributed by atoms with Gasteiger partial charge in [-0.2, -0.15) is 0 Å². The Morgan fingerprint density at radius 2 is 1.33 bits per heavy atom. The number of hydrogen-bond acceptors (Lipinski definition) is 3. The summed E-state index contributed by atoms with van der Waals surface area (Å²) in [5.41, 5.74) is 8.20. The molecule has 0 fully saturated rings. The van der Waals surface area contributed by atoms with Crippen LogP contribution in [0.15, 0.2) is 127 Å². The number of carboxylic acid groups (broad SMARTS) is 1. The van der Waals surface area contributed by atoms with Crippen LogP contribution in [-0.2, 0) is 46.3 Å². The van der Waals surface area contributed by atoms with Crippen molar-refractivity contribution >= 4 is 50.1 Å². The molecule has 5 aromatic carbocycles. The number of carboxylic acids is 1. The molecular formula is C42H40Cl2N2O4S. The predicted octanol–water partition coefficient (Wildman–Crippen LogP) is 9.44. The van der Waals surface area contributed by atoms with Gasteiger partial charge >= 0.3 is 5.97 Å². The van der Waals surface area contributed by atoms with Crippen LogP contribution in [0.1, 0.15) is 58.0 Å². The molecule has 262 valence electrons. The molecule has 0 bridgehead atoms. The Labute approximate surface area is 309 Å². The lowest BCUT2D eigenvalue weighted by atomic mass is 9.97. The molecule has 0 amide bonds. The first-order chi connectivity index (χ1) is 24.7. The van der Waals surface area contributed by atoms with E-state index in [2.05, 4.69) is 51.8 Å². The molecule has 0 saturated heterocycles. The van der Waals surface area contributed by atoms with Gasteiger partial charge in [-0.25, -0.2) is 13.1 Å². The summed E-state index contributed by atoms with van der Waals surface area (Å²) in [6.45, 7) is 0.206. The maximum absolute atomic E-state index is 13.3. The van der Waals surface area contributed by atoms with Crippen molar-refractivity contribution in [3.8, 4) is 0 Å². The van der Waals surface area contributed by atoms with Gasteiger partial charge in [-0.1, -0.05) is 126 Å². The smallest absolute Gasteiger partial charge is 0.303 e. The summed E-state index contributed by atoms with van der Waals surface area (Å²) >= 11 is 13.0. The van der Waals surface area contributed by atoms with Gasteiger partial charge in [0.15, 0.2) is 0 Å². The fourth-order valence-corrected chi connectivity index (χ4v) is 8.43. The second kappa shape index (κ2) is 16.7. The van der Waals surface area contributed by atoms with E-state index in [4.69, 9.17) is 28.3 Å². The van der Waals surface area contributed by atoms with Crippen LogP contribution in [-0.4, -0.2) is 30.6 Å². The van der Waals surface area contributed by atoms with Crippen LogP contribution >= 0.6 is 23.2 Å². The van der Waals surface area contributed by atoms with Crippen molar-refractivity contribution < 1.29 is 18.3 Å². The van der Waals surface area contributed by atoms with Gasteiger partial charge in [-0.05, 0) is 83.3 Å². The molecule has 0 aliphatic rings. The Morgan fingerprint density at radius 3 is 1.96 bits per heavy atom. The third-order valence-corrected chi connectivity index (χ3v) is 11.1. The molecule has 0 radical (unpaired) electrons. The Morgan fingerprint density at radius 1 is 0.725 bits per heavy atom. The Kier molecular flexibility index (Phi) is 11.9. The summed E-state index contributed by atoms with van der Waals surface area (Å²) in [6, 6.07) is 41.8. The predicted molar refractivity (Wildman–Crippen MR) is 207 cm³/mol. The van der Waals surface area contributed by atoms with Crippen molar-refractivity contribution in [2.24, 2.45) is 0 Å². The number of aliphatic carboxylic acids is 1. The van der Waals surface area contributed by atoms with Crippen LogP contribution < -0.4 is 4.72 Å². The third-order valence-electron chi connectivity index (χ3n) is 9.20. The van der Waals surface area contributed by atoms with Gasteiger partial charge in [0.2, 0.25) is 10.0 Å². The van der Waals surface area contributed by atoms with Crippen molar-refractivity contribution in [2.45, 2.75) is 50.3 Å². The molecule has 0 saturated carbocycles. The third kappa shape index (κ3) is 9.29. The van der Waals surface area contributed by atoms with Crippen LogP contribution in [0.2, 0.25) is 10.0 Å². The van der Waals surface area contributed by atoms with E-state index < -0.39 is 16.0 Å². The van der Waals surface area contributed by atoms with Crippen LogP contribution in [0.25, 0.3) is 10.9 Å². The van der Waals surface area contributed by atoms with Crippen molar-refractivity contribution in [3.63, 3.8) is 0 Å². The summed E-state index contributed by atoms with van der Waals surface area (Å²) in [6.07, 6.45) is 3.51. The van der Waals surface area contributed by atoms with Crippen molar-refractivity contribution in [1.29, 1.82) is 0 Å². The zero-order valence-corrected chi connectivity index (χ0v) is 30.5. The van der Waals surface area contributed by atoms with Gasteiger partial charge in [0.1, 0.15) is 0 Å². The van der Waals surface area contributed by atoms with E-state index in [1.165, 1.54) is 5.56 Å². The summed E-state index contributed by atoms with van der Waals surface area (Å²) in [5.74, 6) is -1.01. The highest BCUT2D eigenvalue weighted by Crippen LogP contribution is 2.38. The zero-order chi connectivity index (χ0) is 35.8. The monoisotopic (exact) mass is 738 g/mol. The summed E-state index contributed by atoms with van der Waals surface area (Å²) < 4.78 is 31.8. The van der Waals surface area contributed by atoms with Crippen molar-refractivity contribution in [1.82, 2.24) is 9.29 Å². The molecule has 1 heterocycles. The zero-order valence-electron chi connectivity index (χ0n) is 28.1. The largest absolute Gasteiger partial charge is 0.481 e. The number of fused-ring (bicyclic) bond motifs is 1. The van der Waals surface area contributed by atoms with E-state index >= 15 is 0 Å². The topological polar surface area (TPSA) is 88.4 Å². The molecule has 51 heavy (non-hydrogen) atoms. The molecule has 0 aliphatic heterocycles. The van der Waals surface area contributed by atoms with Gasteiger partial charge in [0, 0.05) is 46.0 Å². The average Bonchev–Trinajstić information content (AvgIpc) is 3.41. The quantitative estimate of drug-likeness (QED) is 0.104. The maximum atomic E-state index is 13.3. The number of benzene rings is 5. The Balaban J connectivity index is 1.37. The summed E-state index contributed by atoms with van der Waals surface area (Å²) in [4.78, 5) is 11.0. The fraction of sp³-hybridized carbons (Fsp3) is 0.214. The van der Waals surface area contributed by atoms with E-state index in [9.17, 15) is 13.2 Å². The van der Waals surface area contributed by atoms with Crippen LogP contribution in [0.4, 0.5) is 0 Å². The maximum Gasteiger partial charge on any atom is 0.303 e. The molecule has 0 atom stereocenters. The molecule has 2 N–H and O–H groups in total. The van der Waals surface area contributed by atoms with Crippen LogP contribution in [0, 0.1) is 0 Å². The van der Waals surface area contributed by atoms with E-state index in [1.54, 1.807) is 24.3 Å². The van der Waals surface area contributed by atoms with Crippen molar-refractivity contribution in [2.75, 3.05) is 6.54 Å². The Hall–Kier alpha value is -4.40. The molecule has 0 aliphatic carbocycles. The normalized spacial score (nSPS) is 11.7. The number of nitrogens with zero attached hydrogens (tertiary/aromatic N) is 1. The van der Waals surface area contributed by atoms with E-state index in [1.807, 2.05) is 60.7 Å². The molecule has 0 unspecified atom stereocenters. The second-order valence-electron chi connectivity index (χ2n) is 12.7. The number of nitrogens with one attached hydrogen (secondary N) is 1. The molecular weight excluding hydrogens is 699 g/mol. The SMILES string of the molecule is O=C(O)CCc1ccc(CCCc2c(CCNS(=O)(=O)Cc3ccccc3Cl)n(C(c3ccccc3)c3ccccc3)c3ccc(Cl)cc23)cc1. The van der Waals surface area contributed by atoms with Gasteiger partial charge in [0.25, 0.3) is 0 Å². The first-order valence-electron chi connectivity index (χ1n) is 17.1. The van der Waals surface area contributed by atoms with Crippen molar-refractivity contribution in [3.05, 3.63) is 177 Å². The number of halogens is 2. The van der Waals surface area contributed by atoms with Gasteiger partial charge in [-0.15, -0.1) is 0 Å². The highest BCUT2D eigenvalue weighted by atomic mass is 35.5. The molecule has 6 rings (SSSR count). The van der Waals surface area contributed by atoms with E-state index in [0.29, 0.717) is 28.5 Å². The Bertz CT molecular complexity index is 2160. The lowest BCUT2D eigenvalue weighted by Gasteiger charge is -2.25. The molecule has 6 nitrogen and oxygen atoms in total. The fourth-order valence-electron chi connectivity index (χ4n) is 6.80. The number of aryl methyl sites for hydroxylation is 3. The van der Waals surface area contributed by atoms with Gasteiger partial charge in [-0.3, -0.25) is 4.79 Å². The van der Waals surface area contributed by atoms with Crippen LogP contribution in [0.5, 0.6) is 0 Å². The average molecular weight is 740 g/mol. The lowest BCUT2D eigenvalue weighted by molar-refractivity contribution is -0.136. The second-order valence-corrected chi connectivity index (χ2v) is 15.4. The lowest BCUT2D eigenvalue weighted by Crippen LogP contribution is -2.28. The number of carbonyl (C=O) groups is 1. The molecule has 1 aromatic heterocycles. The summed E-state index contributed by atoms with van der Waals surface area (Å²) in [7, 11) is -3.68. The minimum Gasteiger partial charge on any atom is -0.481 e. The number of aromatic nitrogens is 1. The van der Waals surface area contributed by atoms with E-state index in [-0.39, 0.29) is 24.8 Å². The van der Waals surface area contributed by atoms with Gasteiger partial charge in [0.05, 0.1) is 11.8 Å². The molecule has 9 heteroatoms. The minimum absolute atomic E-state index is 0.109. The van der Waals surface area contributed by atoms with Gasteiger partial charge < -0.3 is 9.67 Å². The van der Waals surface area contributed by atoms with E-state index in [0.717, 1.165) is 58.1 Å². The molecule has 0 spiro atoms. The standard InChI is InChI=1S/C42H40Cl2N2O4S/c43-35-23-24-39-37(28-35)36(16-9-10-30-18-20-31(21-19-30)22-25-41(47)48)40(26-27-45-51(49,50)29-34-15-7-8-17-38(34)44)46(39)42(32-11-3-1-4-12-32)33-13-5-2-6-14-33/h1-8,11-15,17-21,23-24,28,42,45H,9-10,16,22,25-27,29H2,(H,47,48). The van der Waals surface area contributed by atoms with Crippen LogP contribution in [0.3, 0.4) is 0 Å². The highest BCUT2D eigenvalue weighted by molar-refractivity contribution is 7.88. The highest BCUT2D eigenvalue weighted by Gasteiger charge is 2.26. The number of rotatable bonds is 16. The number of hydrogen-bond donors (Lipinski definition) is 2. The number of sulfonamides is 1. The molecule has 6 aromatic rings. The first-order valence-corrected chi connectivity index (χ1v) is 19.5.